The molecule has 31 nitrogen and oxygen atoms in total. The number of amides is 4. The lowest BCUT2D eigenvalue weighted by molar-refractivity contribution is -0.163. The van der Waals surface area contributed by atoms with E-state index in [1.54, 1.807) is 88.0 Å². The minimum absolute atomic E-state index is 0.00592. The van der Waals surface area contributed by atoms with Gasteiger partial charge in [0.25, 0.3) is 20.1 Å². The fourth-order valence-corrected chi connectivity index (χ4v) is 17.7. The number of carbonyl (C=O) groups excluding carboxylic acids is 8. The lowest BCUT2D eigenvalue weighted by atomic mass is 9.94. The van der Waals surface area contributed by atoms with Crippen LogP contribution in [0.25, 0.3) is 0 Å². The highest BCUT2D eigenvalue weighted by molar-refractivity contribution is 7.93. The van der Waals surface area contributed by atoms with Crippen molar-refractivity contribution in [3.05, 3.63) is 68.9 Å². The highest BCUT2D eigenvalue weighted by Crippen LogP contribution is 2.45. The van der Waals surface area contributed by atoms with Gasteiger partial charge in [0.15, 0.2) is 0 Å². The standard InChI is InChI=1S/C77H120N10O21S3/c1-49-42-56(43-50(2)67(49)110(99,100)83-58(71(94)107-75(12,13)14)45-80-62(89)26-21-20-25-55-29-28-54-24-22-34-87(69(54)81-55)111(101,102)68-52(4)51(3)66-57(53(68)5)44-77(18,19)106-66)103-41-23-27-61(88)78-32-33-79-70(93)59(48-109(96,97)98)82-63(90)31-30-60(72(95)108-76(15,16)17)86-39-37-84(46-64(91)104-73(6,7)8)35-36-85(38-40-86)47-65(92)105-74(9,10)11/h28-29,42-43,58-60,83H,20-27,30-41,44-48H2,1-19H3,(H,78,88)(H,79,93)(H,80,89)(H,82,90)(H,96,97,98)/t58-,59?,60-/m1/s1. The molecule has 2 aromatic carbocycles. The zero-order chi connectivity index (χ0) is 83.2. The van der Waals surface area contributed by atoms with Gasteiger partial charge in [-0.2, -0.15) is 13.1 Å². The van der Waals surface area contributed by atoms with Crippen LogP contribution in [0.15, 0.2) is 34.1 Å². The average Bonchev–Trinajstić information content (AvgIpc) is 1.70. The molecule has 6 rings (SSSR count). The molecule has 6 N–H and O–H groups in total. The number of carbonyl (C=O) groups is 8. The van der Waals surface area contributed by atoms with E-state index in [4.69, 9.17) is 33.4 Å². The van der Waals surface area contributed by atoms with Gasteiger partial charge in [-0.3, -0.25) is 57.6 Å². The van der Waals surface area contributed by atoms with Crippen molar-refractivity contribution < 1.29 is 96.6 Å². The molecule has 4 amide bonds. The zero-order valence-electron chi connectivity index (χ0n) is 68.3. The lowest BCUT2D eigenvalue weighted by Gasteiger charge is -2.34. The van der Waals surface area contributed by atoms with Crippen molar-refractivity contribution in [2.24, 2.45) is 0 Å². The highest BCUT2D eigenvalue weighted by atomic mass is 32.2. The molecule has 1 fully saturated rings. The summed E-state index contributed by atoms with van der Waals surface area (Å²) in [6.45, 7) is 33.9. The van der Waals surface area contributed by atoms with Gasteiger partial charge in [-0.25, -0.2) is 26.1 Å². The van der Waals surface area contributed by atoms with Crippen LogP contribution in [0, 0.1) is 34.6 Å². The number of fused-ring (bicyclic) bond motifs is 2. The van der Waals surface area contributed by atoms with E-state index in [1.165, 1.54) is 30.3 Å². The van der Waals surface area contributed by atoms with Gasteiger partial charge >= 0.3 is 23.9 Å². The fraction of sp³-hybridized carbons (Fsp3) is 0.675. The van der Waals surface area contributed by atoms with Crippen LogP contribution in [-0.2, 0) is 107 Å². The third-order valence-electron chi connectivity index (χ3n) is 18.2. The molecule has 0 aliphatic carbocycles. The molecule has 111 heavy (non-hydrogen) atoms. The van der Waals surface area contributed by atoms with Crippen molar-refractivity contribution in [3.63, 3.8) is 0 Å². The Labute approximate surface area is 656 Å². The number of sulfonamides is 2. The number of esters is 4. The Balaban J connectivity index is 0.981. The first-order valence-corrected chi connectivity index (χ1v) is 42.5. The van der Waals surface area contributed by atoms with Crippen molar-refractivity contribution in [2.75, 3.05) is 95.2 Å². The number of unbranched alkanes of at least 4 members (excludes halogenated alkanes) is 1. The van der Waals surface area contributed by atoms with E-state index in [1.807, 2.05) is 56.6 Å². The van der Waals surface area contributed by atoms with Gasteiger partial charge in [-0.05, 0) is 228 Å². The summed E-state index contributed by atoms with van der Waals surface area (Å²) >= 11 is 0. The van der Waals surface area contributed by atoms with Gasteiger partial charge < -0.3 is 49.7 Å². The topological polar surface area (TPSA) is 401 Å². The first-order chi connectivity index (χ1) is 51.2. The SMILES string of the molecule is Cc1cc(OCCCC(=O)NCCNC(=O)C(CS(=O)(=O)O)NC(=O)CC[C@H](C(=O)OC(C)(C)C)N2CCN(CC(=O)OC(C)(C)C)CCN(CC(=O)OC(C)(C)C)CC2)cc(C)c1S(=O)(=O)N[C@H](CNC(=O)CCCCc1ccc2c(n1)N(S(=O)(=O)c1c(C)c(C)c3c(c1C)CC(C)(C)O3)CCC2)C(=O)OC(C)(C)C. The number of aryl methyl sites for hydroxylation is 4. The predicted molar refractivity (Wildman–Crippen MR) is 417 cm³/mol. The number of ether oxygens (including phenoxy) is 6. The van der Waals surface area contributed by atoms with Gasteiger partial charge in [0.2, 0.25) is 33.7 Å². The second kappa shape index (κ2) is 38.5. The Kier molecular flexibility index (Phi) is 32.0. The maximum Gasteiger partial charge on any atom is 0.326 e. The van der Waals surface area contributed by atoms with Crippen LogP contribution in [0.5, 0.6) is 11.5 Å². The maximum atomic E-state index is 14.7. The summed E-state index contributed by atoms with van der Waals surface area (Å²) in [5.74, 6) is -5.13. The minimum atomic E-state index is -4.87. The number of rotatable bonds is 34. The number of benzene rings is 2. The third-order valence-corrected chi connectivity index (χ3v) is 22.8. The third kappa shape index (κ3) is 29.4. The molecule has 0 radical (unpaired) electrons. The van der Waals surface area contributed by atoms with Crippen LogP contribution < -0.4 is 39.8 Å². The summed E-state index contributed by atoms with van der Waals surface area (Å²) in [5.41, 5.74) is 1.03. The van der Waals surface area contributed by atoms with Gasteiger partial charge in [0, 0.05) is 102 Å². The summed E-state index contributed by atoms with van der Waals surface area (Å²) < 4.78 is 131. The molecule has 3 aliphatic heterocycles. The Morgan fingerprint density at radius 3 is 1.72 bits per heavy atom. The first-order valence-electron chi connectivity index (χ1n) is 37.9. The second-order valence-corrected chi connectivity index (χ2v) is 38.4. The fourth-order valence-electron chi connectivity index (χ4n) is 13.3. The first kappa shape index (κ1) is 92.3. The molecule has 4 heterocycles. The van der Waals surface area contributed by atoms with E-state index in [2.05, 4.69) is 26.0 Å². The average molecular weight is 1620 g/mol. The quantitative estimate of drug-likeness (QED) is 0.0177. The van der Waals surface area contributed by atoms with Crippen LogP contribution in [0.1, 0.15) is 193 Å². The molecular weight excluding hydrogens is 1500 g/mol. The van der Waals surface area contributed by atoms with Gasteiger partial charge in [0.1, 0.15) is 69.2 Å². The number of nitrogens with one attached hydrogen (secondary N) is 5. The molecule has 3 atom stereocenters. The Bertz CT molecular complexity index is 4150. The number of anilines is 1. The molecule has 0 saturated carbocycles. The van der Waals surface area contributed by atoms with Gasteiger partial charge in [0.05, 0.1) is 29.5 Å². The van der Waals surface area contributed by atoms with E-state index >= 15 is 0 Å². The summed E-state index contributed by atoms with van der Waals surface area (Å²) in [6, 6.07) is 2.30. The zero-order valence-corrected chi connectivity index (χ0v) is 70.7. The molecule has 0 spiro atoms. The number of aromatic nitrogens is 1. The summed E-state index contributed by atoms with van der Waals surface area (Å²) in [7, 11) is -13.4. The van der Waals surface area contributed by atoms with E-state index in [9.17, 15) is 68.2 Å². The van der Waals surface area contributed by atoms with Gasteiger partial charge in [-0.1, -0.05) is 6.07 Å². The van der Waals surface area contributed by atoms with Crippen LogP contribution >= 0.6 is 0 Å². The molecule has 34 heteroatoms. The van der Waals surface area contributed by atoms with Crippen molar-refractivity contribution >= 4 is 83.5 Å². The van der Waals surface area contributed by atoms with Crippen LogP contribution in [0.3, 0.4) is 0 Å². The lowest BCUT2D eigenvalue weighted by Crippen LogP contribution is -2.52. The van der Waals surface area contributed by atoms with E-state index in [0.29, 0.717) is 74.3 Å². The summed E-state index contributed by atoms with van der Waals surface area (Å²) in [5, 5.41) is 10.1. The van der Waals surface area contributed by atoms with E-state index in [-0.39, 0.29) is 118 Å². The largest absolute Gasteiger partial charge is 0.494 e. The van der Waals surface area contributed by atoms with Crippen LogP contribution in [0.2, 0.25) is 0 Å². The monoisotopic (exact) mass is 1620 g/mol. The molecule has 622 valence electrons. The Morgan fingerprint density at radius 2 is 1.15 bits per heavy atom. The molecule has 1 unspecified atom stereocenters. The second-order valence-electron chi connectivity index (χ2n) is 33.4. The molecule has 1 saturated heterocycles. The number of pyridine rings is 1. The summed E-state index contributed by atoms with van der Waals surface area (Å²) in [4.78, 5) is 118. The number of hydrogen-bond acceptors (Lipinski definition) is 24. The van der Waals surface area contributed by atoms with Crippen molar-refractivity contribution in [2.45, 2.75) is 258 Å². The Morgan fingerprint density at radius 1 is 0.613 bits per heavy atom. The minimum Gasteiger partial charge on any atom is -0.494 e. The predicted octanol–water partition coefficient (Wildman–Crippen LogP) is 5.85. The van der Waals surface area contributed by atoms with Gasteiger partial charge in [-0.15, -0.1) is 0 Å². The molecule has 0 bridgehead atoms. The van der Waals surface area contributed by atoms with Crippen LogP contribution in [0.4, 0.5) is 5.82 Å². The highest BCUT2D eigenvalue weighted by Gasteiger charge is 2.41. The molecular formula is C77H120N10O21S3. The number of hydrogen-bond donors (Lipinski definition) is 6. The molecule has 1 aromatic heterocycles. The summed E-state index contributed by atoms with van der Waals surface area (Å²) in [6.07, 6.45) is 2.73. The number of nitrogens with zero attached hydrogens (tertiary/aromatic N) is 5. The van der Waals surface area contributed by atoms with E-state index in [0.717, 1.165) is 22.4 Å². The Hall–Kier alpha value is -7.60. The maximum absolute atomic E-state index is 14.7. The van der Waals surface area contributed by atoms with E-state index < -0.39 is 143 Å². The normalized spacial score (nSPS) is 16.4. The molecule has 3 aliphatic rings. The molecule has 3 aromatic rings. The van der Waals surface area contributed by atoms with Crippen molar-refractivity contribution in [1.82, 2.24) is 45.7 Å². The smallest absolute Gasteiger partial charge is 0.326 e. The van der Waals surface area contributed by atoms with Crippen molar-refractivity contribution in [1.29, 1.82) is 0 Å². The van der Waals surface area contributed by atoms with Crippen LogP contribution in [-0.4, -0.2) is 234 Å². The van der Waals surface area contributed by atoms with Crippen molar-refractivity contribution in [3.8, 4) is 11.5 Å².